The predicted molar refractivity (Wildman–Crippen MR) is 116 cm³/mol. The number of aliphatic carboxylic acids is 2. The number of carboxylic acid groups (broad SMARTS) is 2. The second-order valence-electron chi connectivity index (χ2n) is 8.67. The van der Waals surface area contributed by atoms with Gasteiger partial charge in [-0.3, -0.25) is 0 Å². The summed E-state index contributed by atoms with van der Waals surface area (Å²) < 4.78 is 63.5. The lowest BCUT2D eigenvalue weighted by atomic mass is 9.90. The number of rotatable bonds is 4. The maximum absolute atomic E-state index is 10.6. The average molecular weight is 526 g/mol. The Morgan fingerprint density at radius 3 is 1.94 bits per heavy atom. The van der Waals surface area contributed by atoms with Crippen LogP contribution in [0.3, 0.4) is 0 Å². The molecule has 3 aliphatic rings. The number of anilines is 1. The van der Waals surface area contributed by atoms with Crippen molar-refractivity contribution in [1.29, 1.82) is 0 Å². The first-order chi connectivity index (χ1) is 16.8. The third-order valence-electron chi connectivity index (χ3n) is 6.14. The first-order valence-corrected chi connectivity index (χ1v) is 11.3. The van der Waals surface area contributed by atoms with Crippen LogP contribution in [0, 0.1) is 17.8 Å². The van der Waals surface area contributed by atoms with Crippen molar-refractivity contribution in [2.75, 3.05) is 37.6 Å². The fourth-order valence-corrected chi connectivity index (χ4v) is 4.42. The van der Waals surface area contributed by atoms with Crippen molar-refractivity contribution < 1.29 is 46.1 Å². The Morgan fingerprint density at radius 1 is 0.889 bits per heavy atom. The Morgan fingerprint density at radius 2 is 1.47 bits per heavy atom. The molecule has 36 heavy (non-hydrogen) atoms. The molecule has 0 spiro atoms. The first-order valence-electron chi connectivity index (χ1n) is 11.3. The van der Waals surface area contributed by atoms with Crippen molar-refractivity contribution in [3.63, 3.8) is 0 Å². The molecule has 2 fully saturated rings. The van der Waals surface area contributed by atoms with Crippen LogP contribution in [0.2, 0.25) is 0 Å². The molecular weight excluding hydrogens is 498 g/mol. The van der Waals surface area contributed by atoms with E-state index in [1.165, 1.54) is 38.8 Å². The number of halogens is 6. The van der Waals surface area contributed by atoms with Crippen molar-refractivity contribution in [2.24, 2.45) is 17.8 Å². The van der Waals surface area contributed by atoms with Crippen molar-refractivity contribution in [3.8, 4) is 0 Å². The Hall–Kier alpha value is -2.90. The number of fused-ring (bicyclic) bond motifs is 2. The number of carbonyl (C=O) groups is 2. The molecule has 1 saturated heterocycles. The van der Waals surface area contributed by atoms with Gasteiger partial charge < -0.3 is 20.0 Å². The Labute approximate surface area is 203 Å². The average Bonchev–Trinajstić information content (AvgIpc) is 3.34. The fourth-order valence-electron chi connectivity index (χ4n) is 4.42. The second kappa shape index (κ2) is 12.9. The molecule has 2 aliphatic carbocycles. The van der Waals surface area contributed by atoms with Crippen LogP contribution in [0.15, 0.2) is 30.6 Å². The van der Waals surface area contributed by atoms with E-state index in [4.69, 9.17) is 19.8 Å². The summed E-state index contributed by atoms with van der Waals surface area (Å²) in [5.41, 5.74) is 0. The van der Waals surface area contributed by atoms with E-state index in [1.807, 2.05) is 18.5 Å². The van der Waals surface area contributed by atoms with Crippen LogP contribution in [-0.2, 0) is 9.59 Å². The maximum Gasteiger partial charge on any atom is 0.490 e. The molecule has 0 radical (unpaired) electrons. The zero-order chi connectivity index (χ0) is 26.9. The van der Waals surface area contributed by atoms with Gasteiger partial charge in [0, 0.05) is 32.0 Å². The Bertz CT molecular complexity index is 858. The smallest absolute Gasteiger partial charge is 0.475 e. The van der Waals surface area contributed by atoms with E-state index >= 15 is 0 Å². The summed E-state index contributed by atoms with van der Waals surface area (Å²) in [6.45, 7) is 5.78. The summed E-state index contributed by atoms with van der Waals surface area (Å²) in [7, 11) is 0. The topological polar surface area (TPSA) is 107 Å². The predicted octanol–water partition coefficient (Wildman–Crippen LogP) is 3.86. The number of hydrogen-bond donors (Lipinski definition) is 2. The van der Waals surface area contributed by atoms with E-state index in [0.29, 0.717) is 0 Å². The summed E-state index contributed by atoms with van der Waals surface area (Å²) in [4.78, 5) is 31.6. The van der Waals surface area contributed by atoms with Gasteiger partial charge in [0.25, 0.3) is 0 Å². The number of nitrogens with zero attached hydrogens (tertiary/aromatic N) is 4. The Kier molecular flexibility index (Phi) is 10.5. The molecule has 0 amide bonds. The van der Waals surface area contributed by atoms with Gasteiger partial charge in [-0.05, 0) is 62.6 Å². The normalized spacial score (nSPS) is 23.7. The first kappa shape index (κ1) is 29.3. The zero-order valence-corrected chi connectivity index (χ0v) is 19.3. The van der Waals surface area contributed by atoms with E-state index in [0.717, 1.165) is 43.3 Å². The van der Waals surface area contributed by atoms with Gasteiger partial charge in [-0.25, -0.2) is 19.6 Å². The minimum atomic E-state index is -5.08. The quantitative estimate of drug-likeness (QED) is 0.450. The summed E-state index contributed by atoms with van der Waals surface area (Å²) >= 11 is 0. The van der Waals surface area contributed by atoms with Crippen LogP contribution in [0.5, 0.6) is 0 Å². The highest BCUT2D eigenvalue weighted by Crippen LogP contribution is 2.44. The van der Waals surface area contributed by atoms with E-state index in [1.54, 1.807) is 0 Å². The maximum atomic E-state index is 10.6. The van der Waals surface area contributed by atoms with Crippen LogP contribution >= 0.6 is 0 Å². The van der Waals surface area contributed by atoms with Gasteiger partial charge in [0.05, 0.1) is 0 Å². The van der Waals surface area contributed by atoms with Crippen LogP contribution in [-0.4, -0.2) is 82.1 Å². The molecule has 3 atom stereocenters. The highest BCUT2D eigenvalue weighted by Gasteiger charge is 2.39. The second-order valence-corrected chi connectivity index (χ2v) is 8.67. The van der Waals surface area contributed by atoms with Crippen LogP contribution in [0.4, 0.5) is 32.3 Å². The molecule has 2 N–H and O–H groups in total. The molecule has 0 unspecified atom stereocenters. The summed E-state index contributed by atoms with van der Waals surface area (Å²) in [6, 6.07) is 1.89. The minimum absolute atomic E-state index is 0.891. The van der Waals surface area contributed by atoms with Crippen LogP contribution in [0.25, 0.3) is 0 Å². The molecule has 1 aliphatic heterocycles. The molecule has 4 rings (SSSR count). The summed E-state index contributed by atoms with van der Waals surface area (Å²) in [6.07, 6.45) is 3.92. The minimum Gasteiger partial charge on any atom is -0.475 e. The van der Waals surface area contributed by atoms with E-state index < -0.39 is 24.3 Å². The lowest BCUT2D eigenvalue weighted by molar-refractivity contribution is -0.193. The standard InChI is InChI=1S/C18H26N4.2C2HF3O2/c1-6-19-18(20-7-1)22-9-2-8-21(11-12-22)10-5-17-14-15-3-4-16(17)13-15;2*3-2(4,5)1(6)7/h1,3-4,6-7,15-17H,2,5,8-14H2;2*(H,6,7)/t15-,16+,17-;;/m1../s1. The number of hydrogen-bond acceptors (Lipinski definition) is 6. The Balaban J connectivity index is 0.000000271. The highest BCUT2D eigenvalue weighted by atomic mass is 19.4. The molecule has 2 heterocycles. The molecule has 14 heteroatoms. The van der Waals surface area contributed by atoms with E-state index in [2.05, 4.69) is 31.9 Å². The summed E-state index contributed by atoms with van der Waals surface area (Å²) in [5, 5.41) is 14.2. The van der Waals surface area contributed by atoms with Gasteiger partial charge in [0.2, 0.25) is 5.95 Å². The molecular formula is C22H28F6N4O4. The number of allylic oxidation sites excluding steroid dienone is 2. The molecule has 1 aromatic heterocycles. The van der Waals surface area contributed by atoms with Gasteiger partial charge in [-0.1, -0.05) is 12.2 Å². The SMILES string of the molecule is C1=C[C@H]2C[C@@H]1C[C@H]2CCN1CCCN(c2ncccn2)CC1.O=C(O)C(F)(F)F.O=C(O)C(F)(F)F. The molecule has 1 aromatic rings. The highest BCUT2D eigenvalue weighted by molar-refractivity contribution is 5.73. The van der Waals surface area contributed by atoms with Crippen molar-refractivity contribution in [3.05, 3.63) is 30.6 Å². The lowest BCUT2D eigenvalue weighted by Gasteiger charge is -2.25. The number of aromatic nitrogens is 2. The third-order valence-corrected chi connectivity index (χ3v) is 6.14. The van der Waals surface area contributed by atoms with Crippen molar-refractivity contribution in [2.45, 2.75) is 38.0 Å². The fraction of sp³-hybridized carbons (Fsp3) is 0.636. The van der Waals surface area contributed by atoms with Gasteiger partial charge >= 0.3 is 24.3 Å². The van der Waals surface area contributed by atoms with Gasteiger partial charge in [-0.15, -0.1) is 0 Å². The molecule has 1 saturated carbocycles. The van der Waals surface area contributed by atoms with Gasteiger partial charge in [0.1, 0.15) is 0 Å². The molecule has 2 bridgehead atoms. The third kappa shape index (κ3) is 9.63. The summed E-state index contributed by atoms with van der Waals surface area (Å²) in [5.74, 6) is -1.87. The van der Waals surface area contributed by atoms with Crippen molar-refractivity contribution >= 4 is 17.9 Å². The van der Waals surface area contributed by atoms with Crippen LogP contribution in [0.1, 0.15) is 25.7 Å². The zero-order valence-electron chi connectivity index (χ0n) is 19.3. The number of alkyl halides is 6. The molecule has 0 aromatic carbocycles. The van der Waals surface area contributed by atoms with E-state index in [9.17, 15) is 26.3 Å². The van der Waals surface area contributed by atoms with Gasteiger partial charge in [-0.2, -0.15) is 26.3 Å². The molecule has 202 valence electrons. The van der Waals surface area contributed by atoms with Gasteiger partial charge in [0.15, 0.2) is 0 Å². The largest absolute Gasteiger partial charge is 0.490 e. The van der Waals surface area contributed by atoms with Crippen LogP contribution < -0.4 is 4.90 Å². The molecule has 8 nitrogen and oxygen atoms in total. The number of carboxylic acids is 2. The lowest BCUT2D eigenvalue weighted by Crippen LogP contribution is -2.33. The monoisotopic (exact) mass is 526 g/mol. The van der Waals surface area contributed by atoms with Crippen molar-refractivity contribution in [1.82, 2.24) is 14.9 Å². The van der Waals surface area contributed by atoms with E-state index in [-0.39, 0.29) is 0 Å².